The number of hydrogen-bond donors (Lipinski definition) is 3. The average Bonchev–Trinajstić information content (AvgIpc) is 3.20. The lowest BCUT2D eigenvalue weighted by molar-refractivity contribution is -0.140. The highest BCUT2D eigenvalue weighted by atomic mass is 32.1. The maximum atomic E-state index is 12.7. The molecule has 164 valence electrons. The summed E-state index contributed by atoms with van der Waals surface area (Å²) in [5.41, 5.74) is 0.599. The van der Waals surface area contributed by atoms with E-state index in [9.17, 15) is 18.0 Å². The van der Waals surface area contributed by atoms with E-state index in [0.717, 1.165) is 28.7 Å². The van der Waals surface area contributed by atoms with Gasteiger partial charge in [-0.3, -0.25) is 4.79 Å². The number of benzene rings is 1. The van der Waals surface area contributed by atoms with E-state index in [1.165, 1.54) is 0 Å². The summed E-state index contributed by atoms with van der Waals surface area (Å²) in [4.78, 5) is 20.2. The van der Waals surface area contributed by atoms with Crippen molar-refractivity contribution in [2.45, 2.75) is 52.5 Å². The number of carbonyl (C=O) groups excluding carboxylic acids is 1. The Hall–Kier alpha value is -2.62. The summed E-state index contributed by atoms with van der Waals surface area (Å²) >= 11 is 0.947. The van der Waals surface area contributed by atoms with E-state index >= 15 is 0 Å². The summed E-state index contributed by atoms with van der Waals surface area (Å²) in [5.74, 6) is 0.357. The smallest absolute Gasteiger partial charge is 0.357 e. The van der Waals surface area contributed by atoms with Crippen LogP contribution in [0, 0.1) is 0 Å². The molecule has 1 heterocycles. The van der Waals surface area contributed by atoms with Crippen LogP contribution in [0.2, 0.25) is 0 Å². The molecule has 0 saturated carbocycles. The molecule has 10 heteroatoms. The molecule has 0 aliphatic carbocycles. The van der Waals surface area contributed by atoms with Crippen LogP contribution in [0.1, 0.15) is 53.8 Å². The standard InChI is InChI=1S/C20H26F3N5OS/c1-4-13(3)27-18(29)15-8-6-14(7-9-15)10-25-19(24-5-2)26-11-17-28-16(12-30-17)20(21,22)23/h6-9,12-13H,4-5,10-11H2,1-3H3,(H,27,29)(H2,24,25,26). The van der Waals surface area contributed by atoms with Crippen LogP contribution < -0.4 is 16.0 Å². The second kappa shape index (κ2) is 11.0. The lowest BCUT2D eigenvalue weighted by Gasteiger charge is -2.12. The van der Waals surface area contributed by atoms with E-state index in [1.807, 2.05) is 32.9 Å². The minimum absolute atomic E-state index is 0.112. The molecule has 0 aliphatic rings. The van der Waals surface area contributed by atoms with Crippen molar-refractivity contribution in [3.63, 3.8) is 0 Å². The van der Waals surface area contributed by atoms with Gasteiger partial charge in [-0.15, -0.1) is 11.3 Å². The van der Waals surface area contributed by atoms with Gasteiger partial charge >= 0.3 is 6.18 Å². The Morgan fingerprint density at radius 1 is 1.20 bits per heavy atom. The number of rotatable bonds is 8. The van der Waals surface area contributed by atoms with Gasteiger partial charge in [0, 0.05) is 23.5 Å². The molecule has 0 aliphatic heterocycles. The Kier molecular flexibility index (Phi) is 8.64. The van der Waals surface area contributed by atoms with E-state index < -0.39 is 11.9 Å². The van der Waals surface area contributed by atoms with Gasteiger partial charge in [0.05, 0.1) is 13.1 Å². The molecule has 0 fully saturated rings. The zero-order valence-corrected chi connectivity index (χ0v) is 18.0. The minimum atomic E-state index is -4.44. The number of halogens is 3. The maximum Gasteiger partial charge on any atom is 0.434 e. The fraction of sp³-hybridized carbons (Fsp3) is 0.450. The Balaban J connectivity index is 1.95. The van der Waals surface area contributed by atoms with Crippen LogP contribution >= 0.6 is 11.3 Å². The summed E-state index contributed by atoms with van der Waals surface area (Å²) in [7, 11) is 0. The first kappa shape index (κ1) is 23.7. The molecule has 0 radical (unpaired) electrons. The number of nitrogens with one attached hydrogen (secondary N) is 3. The summed E-state index contributed by atoms with van der Waals surface area (Å²) in [6.07, 6.45) is -3.58. The molecule has 1 atom stereocenters. The molecule has 0 bridgehead atoms. The van der Waals surface area contributed by atoms with Crippen molar-refractivity contribution >= 4 is 23.2 Å². The van der Waals surface area contributed by atoms with Gasteiger partial charge in [0.2, 0.25) is 0 Å². The van der Waals surface area contributed by atoms with E-state index in [1.54, 1.807) is 12.1 Å². The number of aromatic nitrogens is 1. The third-order valence-electron chi connectivity index (χ3n) is 4.22. The summed E-state index contributed by atoms with van der Waals surface area (Å²) in [6, 6.07) is 7.26. The first-order valence-corrected chi connectivity index (χ1v) is 10.5. The van der Waals surface area contributed by atoms with Crippen LogP contribution in [0.3, 0.4) is 0 Å². The van der Waals surface area contributed by atoms with E-state index in [2.05, 4.69) is 25.9 Å². The maximum absolute atomic E-state index is 12.7. The van der Waals surface area contributed by atoms with Crippen LogP contribution in [0.5, 0.6) is 0 Å². The average molecular weight is 442 g/mol. The Morgan fingerprint density at radius 2 is 1.90 bits per heavy atom. The molecule has 30 heavy (non-hydrogen) atoms. The lowest BCUT2D eigenvalue weighted by atomic mass is 10.1. The molecule has 0 saturated heterocycles. The molecule has 1 amide bonds. The van der Waals surface area contributed by atoms with Crippen LogP contribution in [-0.2, 0) is 19.3 Å². The van der Waals surface area contributed by atoms with E-state index in [4.69, 9.17) is 0 Å². The Labute approximate surface area is 178 Å². The molecule has 1 unspecified atom stereocenters. The van der Waals surface area contributed by atoms with Gasteiger partial charge in [-0.1, -0.05) is 19.1 Å². The fourth-order valence-electron chi connectivity index (χ4n) is 2.36. The van der Waals surface area contributed by atoms with Gasteiger partial charge in [-0.2, -0.15) is 13.2 Å². The number of thiazole rings is 1. The van der Waals surface area contributed by atoms with Gasteiger partial charge < -0.3 is 16.0 Å². The number of nitrogens with zero attached hydrogens (tertiary/aromatic N) is 2. The fourth-order valence-corrected chi connectivity index (χ4v) is 3.10. The number of aliphatic imine (C=N–C) groups is 1. The first-order valence-electron chi connectivity index (χ1n) is 9.66. The van der Waals surface area contributed by atoms with Crippen LogP contribution in [0.25, 0.3) is 0 Å². The number of hydrogen-bond acceptors (Lipinski definition) is 4. The van der Waals surface area contributed by atoms with E-state index in [-0.39, 0.29) is 18.5 Å². The molecule has 2 rings (SSSR count). The zero-order valence-electron chi connectivity index (χ0n) is 17.1. The van der Waals surface area contributed by atoms with Crippen LogP contribution in [0.4, 0.5) is 13.2 Å². The third-order valence-corrected chi connectivity index (χ3v) is 5.07. The molecule has 6 nitrogen and oxygen atoms in total. The van der Waals surface area contributed by atoms with E-state index in [0.29, 0.717) is 29.6 Å². The van der Waals surface area contributed by atoms with Crippen LogP contribution in [0.15, 0.2) is 34.6 Å². The second-order valence-electron chi connectivity index (χ2n) is 6.65. The number of guanidine groups is 1. The number of carbonyl (C=O) groups is 1. The predicted molar refractivity (Wildman–Crippen MR) is 112 cm³/mol. The van der Waals surface area contributed by atoms with Crippen molar-refractivity contribution in [2.24, 2.45) is 4.99 Å². The number of alkyl halides is 3. The highest BCUT2D eigenvalue weighted by molar-refractivity contribution is 7.09. The monoisotopic (exact) mass is 441 g/mol. The molecule has 1 aromatic heterocycles. The Bertz CT molecular complexity index is 849. The molecule has 2 aromatic rings. The second-order valence-corrected chi connectivity index (χ2v) is 7.60. The molecule has 0 spiro atoms. The third kappa shape index (κ3) is 7.33. The van der Waals surface area contributed by atoms with Gasteiger partial charge in [0.25, 0.3) is 5.91 Å². The van der Waals surface area contributed by atoms with Crippen molar-refractivity contribution < 1.29 is 18.0 Å². The number of amides is 1. The predicted octanol–water partition coefficient (Wildman–Crippen LogP) is 3.95. The summed E-state index contributed by atoms with van der Waals surface area (Å²) in [6.45, 7) is 6.95. The van der Waals surface area contributed by atoms with Gasteiger partial charge in [-0.25, -0.2) is 9.98 Å². The van der Waals surface area contributed by atoms with Crippen molar-refractivity contribution in [3.05, 3.63) is 51.5 Å². The Morgan fingerprint density at radius 3 is 2.47 bits per heavy atom. The highest BCUT2D eigenvalue weighted by Gasteiger charge is 2.33. The SMILES string of the molecule is CCNC(=NCc1ccc(C(=O)NC(C)CC)cc1)NCc1nc(C(F)(F)F)cs1. The highest BCUT2D eigenvalue weighted by Crippen LogP contribution is 2.29. The minimum Gasteiger partial charge on any atom is -0.357 e. The quantitative estimate of drug-likeness (QED) is 0.428. The van der Waals surface area contributed by atoms with Crippen molar-refractivity contribution in [1.82, 2.24) is 20.9 Å². The molecule has 1 aromatic carbocycles. The first-order chi connectivity index (χ1) is 14.2. The normalized spacial score (nSPS) is 13.1. The van der Waals surface area contributed by atoms with Gasteiger partial charge in [-0.05, 0) is 38.0 Å². The zero-order chi connectivity index (χ0) is 22.1. The largest absolute Gasteiger partial charge is 0.434 e. The van der Waals surface area contributed by atoms with Crippen molar-refractivity contribution in [2.75, 3.05) is 6.54 Å². The van der Waals surface area contributed by atoms with Gasteiger partial charge in [0.15, 0.2) is 11.7 Å². The molecular formula is C20H26F3N5OS. The molecule has 3 N–H and O–H groups in total. The molecular weight excluding hydrogens is 415 g/mol. The topological polar surface area (TPSA) is 78.4 Å². The van der Waals surface area contributed by atoms with Gasteiger partial charge in [0.1, 0.15) is 5.01 Å². The summed E-state index contributed by atoms with van der Waals surface area (Å²) < 4.78 is 38.0. The van der Waals surface area contributed by atoms with Crippen molar-refractivity contribution in [3.8, 4) is 0 Å². The van der Waals surface area contributed by atoms with Crippen LogP contribution in [-0.4, -0.2) is 29.4 Å². The van der Waals surface area contributed by atoms with Crippen molar-refractivity contribution in [1.29, 1.82) is 0 Å². The summed E-state index contributed by atoms with van der Waals surface area (Å²) in [5, 5.41) is 10.3. The lowest BCUT2D eigenvalue weighted by Crippen LogP contribution is -2.36.